The second-order valence-electron chi connectivity index (χ2n) is 3.36. The molecule has 0 atom stereocenters. The second-order valence-corrected chi connectivity index (χ2v) is 3.36. The minimum Gasteiger partial charge on any atom is -0.508 e. The van der Waals surface area contributed by atoms with Gasteiger partial charge in [-0.05, 0) is 41.4 Å². The van der Waals surface area contributed by atoms with E-state index in [1.54, 1.807) is 12.1 Å². The first-order chi connectivity index (χ1) is 6.81. The molecule has 0 aromatic heterocycles. The molecule has 3 N–H and O–H groups in total. The number of nitrogens with two attached hydrogens (primary N) is 1. The van der Waals surface area contributed by atoms with Crippen molar-refractivity contribution in [3.05, 3.63) is 42.0 Å². The zero-order valence-electron chi connectivity index (χ0n) is 8.31. The molecule has 0 fully saturated rings. The summed E-state index contributed by atoms with van der Waals surface area (Å²) in [5.74, 6) is 0.307. The van der Waals surface area contributed by atoms with Gasteiger partial charge in [0.2, 0.25) is 0 Å². The minimum atomic E-state index is 0. The van der Waals surface area contributed by atoms with E-state index < -0.39 is 0 Å². The highest BCUT2D eigenvalue weighted by Gasteiger charge is 2.00. The summed E-state index contributed by atoms with van der Waals surface area (Å²) in [6.07, 6.45) is 0.848. The van der Waals surface area contributed by atoms with Crippen LogP contribution in [-0.4, -0.2) is 11.7 Å². The SMILES string of the molecule is Cl.NCCc1cccc2ccc(O)cc12. The van der Waals surface area contributed by atoms with Crippen LogP contribution in [0.5, 0.6) is 5.75 Å². The molecule has 2 aromatic carbocycles. The molecule has 2 nitrogen and oxygen atoms in total. The monoisotopic (exact) mass is 223 g/mol. The topological polar surface area (TPSA) is 46.2 Å². The molecule has 0 spiro atoms. The third kappa shape index (κ3) is 2.41. The number of hydrogen-bond acceptors (Lipinski definition) is 2. The Morgan fingerprint density at radius 1 is 1.13 bits per heavy atom. The second kappa shape index (κ2) is 5.01. The lowest BCUT2D eigenvalue weighted by Crippen LogP contribution is -2.02. The number of aromatic hydroxyl groups is 1. The van der Waals surface area contributed by atoms with Gasteiger partial charge in [0.25, 0.3) is 0 Å². The van der Waals surface area contributed by atoms with E-state index in [0.29, 0.717) is 12.3 Å². The molecule has 0 aliphatic carbocycles. The number of fused-ring (bicyclic) bond motifs is 1. The molecule has 0 radical (unpaired) electrons. The van der Waals surface area contributed by atoms with E-state index in [9.17, 15) is 5.11 Å². The van der Waals surface area contributed by atoms with Crippen LogP contribution in [0.2, 0.25) is 0 Å². The maximum Gasteiger partial charge on any atom is 0.116 e. The van der Waals surface area contributed by atoms with Gasteiger partial charge in [-0.25, -0.2) is 0 Å². The minimum absolute atomic E-state index is 0. The number of phenols is 1. The van der Waals surface area contributed by atoms with E-state index in [-0.39, 0.29) is 12.4 Å². The van der Waals surface area contributed by atoms with Crippen molar-refractivity contribution in [2.24, 2.45) is 5.73 Å². The zero-order valence-corrected chi connectivity index (χ0v) is 9.13. The Kier molecular flexibility index (Phi) is 3.95. The Morgan fingerprint density at radius 2 is 1.93 bits per heavy atom. The molecule has 2 aromatic rings. The lowest BCUT2D eigenvalue weighted by molar-refractivity contribution is 0.476. The van der Waals surface area contributed by atoms with E-state index in [2.05, 4.69) is 6.07 Å². The van der Waals surface area contributed by atoms with Crippen molar-refractivity contribution in [3.63, 3.8) is 0 Å². The molecule has 0 bridgehead atoms. The van der Waals surface area contributed by atoms with Crippen molar-refractivity contribution in [2.75, 3.05) is 6.54 Å². The lowest BCUT2D eigenvalue weighted by Gasteiger charge is -2.05. The first-order valence-corrected chi connectivity index (χ1v) is 4.72. The highest BCUT2D eigenvalue weighted by atomic mass is 35.5. The van der Waals surface area contributed by atoms with E-state index in [4.69, 9.17) is 5.73 Å². The zero-order chi connectivity index (χ0) is 9.97. The third-order valence-electron chi connectivity index (χ3n) is 2.37. The molecule has 2 rings (SSSR count). The Bertz CT molecular complexity index is 456. The number of phenolic OH excluding ortho intramolecular Hbond substituents is 1. The van der Waals surface area contributed by atoms with Gasteiger partial charge in [0.1, 0.15) is 5.75 Å². The van der Waals surface area contributed by atoms with E-state index >= 15 is 0 Å². The van der Waals surface area contributed by atoms with Crippen molar-refractivity contribution < 1.29 is 5.11 Å². The fraction of sp³-hybridized carbons (Fsp3) is 0.167. The van der Waals surface area contributed by atoms with Crippen molar-refractivity contribution in [1.82, 2.24) is 0 Å². The summed E-state index contributed by atoms with van der Waals surface area (Å²) < 4.78 is 0. The van der Waals surface area contributed by atoms with Crippen LogP contribution in [0.25, 0.3) is 10.8 Å². The van der Waals surface area contributed by atoms with Gasteiger partial charge in [0.05, 0.1) is 0 Å². The maximum atomic E-state index is 9.39. The number of rotatable bonds is 2. The summed E-state index contributed by atoms with van der Waals surface area (Å²) in [6.45, 7) is 0.634. The Morgan fingerprint density at radius 3 is 2.67 bits per heavy atom. The summed E-state index contributed by atoms with van der Waals surface area (Å²) in [4.78, 5) is 0. The van der Waals surface area contributed by atoms with Gasteiger partial charge < -0.3 is 10.8 Å². The molecule has 0 heterocycles. The number of benzene rings is 2. The van der Waals surface area contributed by atoms with Crippen LogP contribution in [0.3, 0.4) is 0 Å². The van der Waals surface area contributed by atoms with Gasteiger partial charge in [0.15, 0.2) is 0 Å². The summed E-state index contributed by atoms with van der Waals surface area (Å²) in [7, 11) is 0. The van der Waals surface area contributed by atoms with Crippen LogP contribution in [0, 0.1) is 0 Å². The quantitative estimate of drug-likeness (QED) is 0.822. The normalized spacial score (nSPS) is 9.93. The molecule has 0 aliphatic heterocycles. The van der Waals surface area contributed by atoms with E-state index in [1.165, 1.54) is 5.56 Å². The van der Waals surface area contributed by atoms with Crippen LogP contribution >= 0.6 is 12.4 Å². The third-order valence-corrected chi connectivity index (χ3v) is 2.37. The van der Waals surface area contributed by atoms with Crippen LogP contribution < -0.4 is 5.73 Å². The summed E-state index contributed by atoms with van der Waals surface area (Å²) in [5.41, 5.74) is 6.72. The fourth-order valence-corrected chi connectivity index (χ4v) is 1.70. The summed E-state index contributed by atoms with van der Waals surface area (Å²) in [6, 6.07) is 11.5. The van der Waals surface area contributed by atoms with Gasteiger partial charge in [0, 0.05) is 0 Å². The van der Waals surface area contributed by atoms with Crippen molar-refractivity contribution >= 4 is 23.2 Å². The van der Waals surface area contributed by atoms with Crippen molar-refractivity contribution in [3.8, 4) is 5.75 Å². The Labute approximate surface area is 95.1 Å². The molecule has 0 unspecified atom stereocenters. The van der Waals surface area contributed by atoms with Gasteiger partial charge in [-0.1, -0.05) is 24.3 Å². The van der Waals surface area contributed by atoms with Crippen molar-refractivity contribution in [1.29, 1.82) is 0 Å². The molecular formula is C12H14ClNO. The van der Waals surface area contributed by atoms with Gasteiger partial charge >= 0.3 is 0 Å². The highest BCUT2D eigenvalue weighted by molar-refractivity contribution is 5.87. The van der Waals surface area contributed by atoms with Crippen LogP contribution in [0.15, 0.2) is 36.4 Å². The maximum absolute atomic E-state index is 9.39. The van der Waals surface area contributed by atoms with Gasteiger partial charge in [-0.3, -0.25) is 0 Å². The van der Waals surface area contributed by atoms with E-state index in [1.807, 2.05) is 18.2 Å². The Balaban J connectivity index is 0.00000112. The molecule has 0 aliphatic rings. The molecular weight excluding hydrogens is 210 g/mol. The predicted molar refractivity (Wildman–Crippen MR) is 65.6 cm³/mol. The summed E-state index contributed by atoms with van der Waals surface area (Å²) in [5, 5.41) is 11.6. The van der Waals surface area contributed by atoms with E-state index in [0.717, 1.165) is 17.2 Å². The molecule has 3 heteroatoms. The molecule has 0 amide bonds. The van der Waals surface area contributed by atoms with Crippen molar-refractivity contribution in [2.45, 2.75) is 6.42 Å². The summed E-state index contributed by atoms with van der Waals surface area (Å²) >= 11 is 0. The molecule has 80 valence electrons. The first kappa shape index (κ1) is 11.8. The average molecular weight is 224 g/mol. The molecule has 0 saturated heterocycles. The smallest absolute Gasteiger partial charge is 0.116 e. The number of hydrogen-bond donors (Lipinski definition) is 2. The van der Waals surface area contributed by atoms with Crippen LogP contribution in [0.1, 0.15) is 5.56 Å². The van der Waals surface area contributed by atoms with Gasteiger partial charge in [-0.15, -0.1) is 12.4 Å². The standard InChI is InChI=1S/C12H13NO.ClH/c13-7-6-10-3-1-2-9-4-5-11(14)8-12(9)10;/h1-5,8,14H,6-7,13H2;1H. The van der Waals surface area contributed by atoms with Gasteiger partial charge in [-0.2, -0.15) is 0 Å². The number of halogens is 1. The molecule has 15 heavy (non-hydrogen) atoms. The highest BCUT2D eigenvalue weighted by Crippen LogP contribution is 2.23. The van der Waals surface area contributed by atoms with Crippen LogP contribution in [-0.2, 0) is 6.42 Å². The first-order valence-electron chi connectivity index (χ1n) is 4.72. The van der Waals surface area contributed by atoms with Crippen LogP contribution in [0.4, 0.5) is 0 Å². The lowest BCUT2D eigenvalue weighted by atomic mass is 10.0. The largest absolute Gasteiger partial charge is 0.508 e. The fourth-order valence-electron chi connectivity index (χ4n) is 1.70. The molecule has 0 saturated carbocycles. The average Bonchev–Trinajstić information content (AvgIpc) is 2.19. The predicted octanol–water partition coefficient (Wildman–Crippen LogP) is 2.47. The Hall–Kier alpha value is -1.25.